The van der Waals surface area contributed by atoms with E-state index in [1.54, 1.807) is 5.38 Å². The molecule has 0 bridgehead atoms. The summed E-state index contributed by atoms with van der Waals surface area (Å²) >= 11 is 2.70. The Hall–Kier alpha value is -3.13. The number of aromatic nitrogens is 2. The highest BCUT2D eigenvalue weighted by Crippen LogP contribution is 2.41. The van der Waals surface area contributed by atoms with Crippen LogP contribution in [0.25, 0.3) is 10.7 Å². The molecule has 418 valence electrons. The highest BCUT2D eigenvalue weighted by atomic mass is 32.1. The number of carbonyl (C=O) groups excluding carboxylic acids is 3. The summed E-state index contributed by atoms with van der Waals surface area (Å²) in [5.74, 6) is -2.83. The molecule has 4 saturated heterocycles. The first-order valence-electron chi connectivity index (χ1n) is 25.1. The Morgan fingerprint density at radius 2 is 1.42 bits per heavy atom. The highest BCUT2D eigenvalue weighted by molar-refractivity contribution is 7.14. The van der Waals surface area contributed by atoms with Gasteiger partial charge in [-0.3, -0.25) is 14.4 Å². The van der Waals surface area contributed by atoms with Crippen LogP contribution in [0.15, 0.2) is 10.8 Å². The quantitative estimate of drug-likeness (QED) is 0.0389. The third-order valence-corrected chi connectivity index (χ3v) is 15.6. The maximum Gasteiger partial charge on any atom is 0.270 e. The van der Waals surface area contributed by atoms with Crippen LogP contribution in [0.5, 0.6) is 0 Å². The molecular formula is C44H75N13O15S2. The van der Waals surface area contributed by atoms with Crippen LogP contribution in [0.3, 0.4) is 0 Å². The van der Waals surface area contributed by atoms with Crippen LogP contribution in [0, 0.1) is 0 Å². The van der Waals surface area contributed by atoms with Gasteiger partial charge < -0.3 is 120 Å². The molecule has 4 aliphatic heterocycles. The number of nitrogens with one attached hydrogen (secondary N) is 5. The SMILES string of the molecule is NCCCCNCCCNC(=O)c1csc(-c2csc(CCNC(=O)CCC(=O)NCC3OC(OC4C(O)C(N)CC(N)C4OC4OC(CN)C(O)C(O)C4N)C(O)C3OC34CNC3C(O)C(O)C(CN)O4)n2)n1. The maximum absolute atomic E-state index is 13.3. The van der Waals surface area contributed by atoms with E-state index < -0.39 is 128 Å². The first-order valence-corrected chi connectivity index (χ1v) is 26.8. The van der Waals surface area contributed by atoms with E-state index in [4.69, 9.17) is 62.8 Å². The summed E-state index contributed by atoms with van der Waals surface area (Å²) < 4.78 is 36.9. The number of fused-ring (bicyclic) bond motifs is 1. The number of unbranched alkanes of at least 4 members (excludes halogenated alkanes) is 1. The zero-order valence-electron chi connectivity index (χ0n) is 40.9. The number of nitrogens with zero attached hydrogens (tertiary/aromatic N) is 2. The standard InChI is InChI=1S/C44H75N13O15S2/c45-7-1-2-8-51-9-3-10-53-40(66)21-16-74-41(57-21)22-17-73-28(56-22)6-11-52-26(58)4-5-27(59)54-15-25-37(72-44-18-55-39(44)34(64)32(62)24(14-47)71-44)35(65)43(68-25)70-38-30(60)19(48)12-20(49)36(38)69-42-29(50)33(63)31(61)23(13-46)67-42/h16-17,19-20,23-25,29-39,42-43,51,55,60-65H,1-15,18,45-50H2,(H,52,58)(H,53,66)(H,54,59). The minimum absolute atomic E-state index is 0.000186. The molecule has 1 aliphatic carbocycles. The van der Waals surface area contributed by atoms with Crippen LogP contribution in [-0.4, -0.2) is 233 Å². The normalized spacial score (nSPS) is 37.0. The molecule has 0 radical (unpaired) electrons. The van der Waals surface area contributed by atoms with Crippen molar-refractivity contribution in [3.8, 4) is 10.7 Å². The molecule has 2 aromatic rings. The summed E-state index contributed by atoms with van der Waals surface area (Å²) in [6.07, 6.45) is -16.4. The fourth-order valence-electron chi connectivity index (χ4n) is 9.47. The molecule has 74 heavy (non-hydrogen) atoms. The van der Waals surface area contributed by atoms with Gasteiger partial charge in [0.25, 0.3) is 5.91 Å². The van der Waals surface area contributed by atoms with Crippen molar-refractivity contribution < 1.29 is 73.4 Å². The van der Waals surface area contributed by atoms with Crippen LogP contribution in [0.1, 0.15) is 54.0 Å². The number of ether oxygens (including phenoxy) is 6. The van der Waals surface area contributed by atoms with Crippen molar-refractivity contribution in [2.24, 2.45) is 34.4 Å². The molecule has 7 rings (SSSR count). The Balaban J connectivity index is 0.920. The molecular weight excluding hydrogens is 1010 g/mol. The number of aliphatic hydroxyl groups excluding tert-OH is 6. The van der Waals surface area contributed by atoms with Crippen molar-refractivity contribution >= 4 is 40.4 Å². The molecule has 5 aliphatic rings. The third kappa shape index (κ3) is 13.9. The molecule has 0 aromatic carbocycles. The summed E-state index contributed by atoms with van der Waals surface area (Å²) in [5.41, 5.74) is 37.0. The van der Waals surface area contributed by atoms with Crippen LogP contribution in [0.2, 0.25) is 0 Å². The van der Waals surface area contributed by atoms with E-state index in [9.17, 15) is 45.0 Å². The molecule has 19 atom stereocenters. The van der Waals surface area contributed by atoms with Crippen LogP contribution in [-0.2, 0) is 44.4 Å². The van der Waals surface area contributed by atoms with Gasteiger partial charge in [0.15, 0.2) is 18.4 Å². The van der Waals surface area contributed by atoms with Gasteiger partial charge in [0.2, 0.25) is 11.8 Å². The largest absolute Gasteiger partial charge is 0.389 e. The van der Waals surface area contributed by atoms with Crippen molar-refractivity contribution in [3.63, 3.8) is 0 Å². The van der Waals surface area contributed by atoms with E-state index in [1.807, 2.05) is 5.38 Å². The predicted molar refractivity (Wildman–Crippen MR) is 264 cm³/mol. The topological polar surface area (TPSA) is 470 Å². The first kappa shape index (κ1) is 58.6. The van der Waals surface area contributed by atoms with E-state index in [0.717, 1.165) is 37.4 Å². The first-order chi connectivity index (χ1) is 35.5. The average molecular weight is 1090 g/mol. The lowest BCUT2D eigenvalue weighted by atomic mass is 9.84. The van der Waals surface area contributed by atoms with Crippen LogP contribution in [0.4, 0.5) is 0 Å². The molecule has 19 unspecified atom stereocenters. The number of amides is 3. The number of hydrogen-bond acceptors (Lipinski definition) is 27. The average Bonchev–Trinajstić information content (AvgIpc) is 4.13. The number of carbonyl (C=O) groups is 3. The molecule has 3 amide bonds. The van der Waals surface area contributed by atoms with Crippen molar-refractivity contribution in [2.75, 3.05) is 58.9 Å². The Bertz CT molecular complexity index is 2120. The molecule has 5 fully saturated rings. The van der Waals surface area contributed by atoms with Gasteiger partial charge in [0.1, 0.15) is 83.5 Å². The van der Waals surface area contributed by atoms with Gasteiger partial charge in [0, 0.05) is 74.8 Å². The number of thiazole rings is 2. The predicted octanol–water partition coefficient (Wildman–Crippen LogP) is -7.59. The minimum Gasteiger partial charge on any atom is -0.389 e. The lowest BCUT2D eigenvalue weighted by Crippen LogP contribution is -2.82. The fraction of sp³-hybridized carbons (Fsp3) is 0.795. The lowest BCUT2D eigenvalue weighted by molar-refractivity contribution is -0.376. The van der Waals surface area contributed by atoms with Gasteiger partial charge in [-0.05, 0) is 45.3 Å². The number of hydrogen-bond donors (Lipinski definition) is 17. The number of rotatable bonds is 26. The molecule has 2 aromatic heterocycles. The monoisotopic (exact) mass is 1090 g/mol. The number of aliphatic hydroxyl groups is 6. The van der Waals surface area contributed by atoms with Crippen LogP contribution < -0.4 is 61.0 Å². The molecule has 6 heterocycles. The second kappa shape index (κ2) is 27.0. The molecule has 23 N–H and O–H groups in total. The van der Waals surface area contributed by atoms with E-state index in [1.165, 1.54) is 22.7 Å². The summed E-state index contributed by atoms with van der Waals surface area (Å²) in [6, 6.07) is -4.12. The second-order valence-electron chi connectivity index (χ2n) is 19.2. The molecule has 30 heteroatoms. The summed E-state index contributed by atoms with van der Waals surface area (Å²) in [6.45, 7) is 2.42. The van der Waals surface area contributed by atoms with Crippen molar-refractivity contribution in [3.05, 3.63) is 21.5 Å². The van der Waals surface area contributed by atoms with Gasteiger partial charge in [0.05, 0.1) is 29.7 Å². The van der Waals surface area contributed by atoms with Crippen molar-refractivity contribution in [1.82, 2.24) is 36.6 Å². The van der Waals surface area contributed by atoms with Crippen LogP contribution >= 0.6 is 22.7 Å². The van der Waals surface area contributed by atoms with E-state index in [0.29, 0.717) is 35.9 Å². The summed E-state index contributed by atoms with van der Waals surface area (Å²) in [7, 11) is 0. The van der Waals surface area contributed by atoms with Crippen molar-refractivity contribution in [2.45, 2.75) is 161 Å². The van der Waals surface area contributed by atoms with E-state index in [-0.39, 0.29) is 57.9 Å². The Labute approximate surface area is 435 Å². The Kier molecular flexibility index (Phi) is 21.3. The third-order valence-electron chi connectivity index (χ3n) is 13.8. The second-order valence-corrected chi connectivity index (χ2v) is 21.0. The lowest BCUT2D eigenvalue weighted by Gasteiger charge is -2.58. The smallest absolute Gasteiger partial charge is 0.270 e. The van der Waals surface area contributed by atoms with E-state index in [2.05, 4.69) is 36.6 Å². The number of nitrogens with two attached hydrogens (primary N) is 6. The minimum atomic E-state index is -1.68. The maximum atomic E-state index is 13.3. The molecule has 28 nitrogen and oxygen atoms in total. The summed E-state index contributed by atoms with van der Waals surface area (Å²) in [5, 5.41) is 85.5. The molecule has 0 spiro atoms. The van der Waals surface area contributed by atoms with Crippen molar-refractivity contribution in [1.29, 1.82) is 0 Å². The highest BCUT2D eigenvalue weighted by Gasteiger charge is 2.63. The molecule has 1 saturated carbocycles. The van der Waals surface area contributed by atoms with Gasteiger partial charge in [-0.15, -0.1) is 22.7 Å². The fourth-order valence-corrected chi connectivity index (χ4v) is 11.1. The zero-order chi connectivity index (χ0) is 53.3. The Morgan fingerprint density at radius 3 is 2.14 bits per heavy atom. The van der Waals surface area contributed by atoms with Gasteiger partial charge >= 0.3 is 0 Å². The van der Waals surface area contributed by atoms with Gasteiger partial charge in [-0.2, -0.15) is 0 Å². The Morgan fingerprint density at radius 1 is 0.716 bits per heavy atom. The van der Waals surface area contributed by atoms with E-state index >= 15 is 0 Å². The van der Waals surface area contributed by atoms with Gasteiger partial charge in [-0.1, -0.05) is 0 Å². The van der Waals surface area contributed by atoms with Gasteiger partial charge in [-0.25, -0.2) is 9.97 Å². The zero-order valence-corrected chi connectivity index (χ0v) is 42.5. The summed E-state index contributed by atoms with van der Waals surface area (Å²) in [4.78, 5) is 47.8.